The van der Waals surface area contributed by atoms with Gasteiger partial charge >= 0.3 is 0 Å². The summed E-state index contributed by atoms with van der Waals surface area (Å²) in [6.07, 6.45) is 8.39. The predicted octanol–water partition coefficient (Wildman–Crippen LogP) is 5.89. The van der Waals surface area contributed by atoms with Gasteiger partial charge in [0, 0.05) is 29.1 Å². The van der Waals surface area contributed by atoms with Crippen LogP contribution in [0, 0.1) is 0 Å². The van der Waals surface area contributed by atoms with Crippen LogP contribution in [0.2, 0.25) is 0 Å². The van der Waals surface area contributed by atoms with Gasteiger partial charge in [0.15, 0.2) is 5.13 Å². The van der Waals surface area contributed by atoms with Crippen molar-refractivity contribution in [2.24, 2.45) is 0 Å². The minimum atomic E-state index is -3.57. The number of anilines is 1. The second kappa shape index (κ2) is 10.2. The number of thiazole rings is 1. The number of piperidine rings is 1. The van der Waals surface area contributed by atoms with E-state index in [9.17, 15) is 13.2 Å². The van der Waals surface area contributed by atoms with Gasteiger partial charge in [-0.25, -0.2) is 13.4 Å². The molecule has 0 spiro atoms. The number of amides is 1. The zero-order chi connectivity index (χ0) is 24.4. The molecule has 1 unspecified atom stereocenters. The first-order valence-electron chi connectivity index (χ1n) is 12.5. The molecular formula is C27H31N3O3S2. The van der Waals surface area contributed by atoms with Crippen molar-refractivity contribution >= 4 is 32.4 Å². The van der Waals surface area contributed by atoms with Gasteiger partial charge in [0.1, 0.15) is 0 Å². The van der Waals surface area contributed by atoms with Gasteiger partial charge in [0.05, 0.1) is 10.6 Å². The highest BCUT2D eigenvalue weighted by Gasteiger charge is 2.32. The molecular weight excluding hydrogens is 478 g/mol. The Morgan fingerprint density at radius 2 is 1.83 bits per heavy atom. The number of nitrogens with one attached hydrogen (secondary N) is 1. The van der Waals surface area contributed by atoms with Crippen LogP contribution in [0.3, 0.4) is 0 Å². The fourth-order valence-electron chi connectivity index (χ4n) is 5.14. The van der Waals surface area contributed by atoms with Crippen LogP contribution in [0.25, 0.3) is 11.3 Å². The van der Waals surface area contributed by atoms with Crippen LogP contribution in [-0.4, -0.2) is 36.2 Å². The number of nitrogens with zero attached hydrogens (tertiary/aromatic N) is 2. The Morgan fingerprint density at radius 3 is 2.60 bits per heavy atom. The summed E-state index contributed by atoms with van der Waals surface area (Å²) in [6, 6.07) is 12.8. The minimum absolute atomic E-state index is 0.0472. The van der Waals surface area contributed by atoms with Crippen LogP contribution >= 0.6 is 11.3 Å². The molecule has 2 heterocycles. The average molecular weight is 510 g/mol. The van der Waals surface area contributed by atoms with Gasteiger partial charge < -0.3 is 0 Å². The Hall–Kier alpha value is -2.55. The number of aryl methyl sites for hydroxylation is 2. The van der Waals surface area contributed by atoms with Gasteiger partial charge in [-0.2, -0.15) is 4.31 Å². The number of aromatic nitrogens is 1. The molecule has 1 amide bonds. The van der Waals surface area contributed by atoms with Crippen molar-refractivity contribution < 1.29 is 13.2 Å². The predicted molar refractivity (Wildman–Crippen MR) is 140 cm³/mol. The number of benzene rings is 2. The summed E-state index contributed by atoms with van der Waals surface area (Å²) in [7, 11) is -3.57. The molecule has 1 aromatic heterocycles. The largest absolute Gasteiger partial charge is 0.298 e. The monoisotopic (exact) mass is 509 g/mol. The molecule has 8 heteroatoms. The van der Waals surface area contributed by atoms with Crippen LogP contribution in [-0.2, 0) is 22.9 Å². The Bertz CT molecular complexity index is 1320. The normalized spacial score (nSPS) is 18.7. The first-order valence-corrected chi connectivity index (χ1v) is 14.8. The van der Waals surface area contributed by atoms with Gasteiger partial charge in [0.2, 0.25) is 10.0 Å². The van der Waals surface area contributed by atoms with Crippen LogP contribution < -0.4 is 5.32 Å². The molecule has 2 aliphatic rings. The van der Waals surface area contributed by atoms with E-state index in [-0.39, 0.29) is 16.8 Å². The van der Waals surface area contributed by atoms with E-state index >= 15 is 0 Å². The van der Waals surface area contributed by atoms with E-state index < -0.39 is 10.0 Å². The van der Waals surface area contributed by atoms with Crippen molar-refractivity contribution in [3.05, 3.63) is 64.5 Å². The van der Waals surface area contributed by atoms with E-state index in [0.29, 0.717) is 17.2 Å². The lowest BCUT2D eigenvalue weighted by Crippen LogP contribution is -2.43. The maximum absolute atomic E-state index is 13.2. The molecule has 3 aromatic rings. The number of carbonyl (C=O) groups excluding carboxylic acids is 1. The van der Waals surface area contributed by atoms with E-state index in [1.165, 1.54) is 47.4 Å². The Balaban J connectivity index is 1.27. The maximum atomic E-state index is 13.2. The number of fused-ring (bicyclic) bond motifs is 1. The molecule has 1 aliphatic heterocycles. The SMILES string of the molecule is CCC1CCCCN1S(=O)(=O)c1ccc(C(=O)Nc2nc(-c3ccc4c(c3)CCCC4)cs2)cc1. The standard InChI is InChI=1S/C27H31N3O3S2/c1-2-23-9-5-6-16-30(23)35(32,33)24-14-12-20(13-15-24)26(31)29-27-28-25(18-34-27)22-11-10-19-7-3-4-8-21(19)17-22/h10-15,17-18,23H,2-9,16H2,1H3,(H,28,29,31). The van der Waals surface area contributed by atoms with E-state index in [4.69, 9.17) is 0 Å². The van der Waals surface area contributed by atoms with E-state index in [1.807, 2.05) is 12.3 Å². The molecule has 1 N–H and O–H groups in total. The summed E-state index contributed by atoms with van der Waals surface area (Å²) >= 11 is 1.39. The summed E-state index contributed by atoms with van der Waals surface area (Å²) in [6.45, 7) is 2.58. The molecule has 5 rings (SSSR count). The first kappa shape index (κ1) is 24.2. The van der Waals surface area contributed by atoms with Gasteiger partial charge in [-0.3, -0.25) is 10.1 Å². The summed E-state index contributed by atoms with van der Waals surface area (Å²) < 4.78 is 28.0. The Morgan fingerprint density at radius 1 is 1.06 bits per heavy atom. The first-order chi connectivity index (χ1) is 17.0. The highest BCUT2D eigenvalue weighted by atomic mass is 32.2. The van der Waals surface area contributed by atoms with Crippen LogP contribution in [0.15, 0.2) is 52.7 Å². The Labute approximate surface area is 211 Å². The fraction of sp³-hybridized carbons (Fsp3) is 0.407. The van der Waals surface area contributed by atoms with Gasteiger partial charge in [-0.05, 0) is 86.4 Å². The highest BCUT2D eigenvalue weighted by molar-refractivity contribution is 7.89. The minimum Gasteiger partial charge on any atom is -0.298 e. The summed E-state index contributed by atoms with van der Waals surface area (Å²) in [5.74, 6) is -0.301. The lowest BCUT2D eigenvalue weighted by molar-refractivity contribution is 0.102. The topological polar surface area (TPSA) is 79.4 Å². The molecule has 1 aliphatic carbocycles. The van der Waals surface area contributed by atoms with Crippen molar-refractivity contribution in [2.75, 3.05) is 11.9 Å². The number of carbonyl (C=O) groups is 1. The summed E-state index contributed by atoms with van der Waals surface area (Å²) in [5.41, 5.74) is 5.16. The number of sulfonamides is 1. The van der Waals surface area contributed by atoms with Gasteiger partial charge in [0.25, 0.3) is 5.91 Å². The summed E-state index contributed by atoms with van der Waals surface area (Å²) in [5, 5.41) is 5.34. The second-order valence-corrected chi connectivity index (χ2v) is 12.1. The van der Waals surface area contributed by atoms with E-state index in [1.54, 1.807) is 16.4 Å². The zero-order valence-corrected chi connectivity index (χ0v) is 21.6. The number of hydrogen-bond acceptors (Lipinski definition) is 5. The van der Waals surface area contributed by atoms with Crippen LogP contribution in [0.1, 0.15) is 66.9 Å². The van der Waals surface area contributed by atoms with Crippen molar-refractivity contribution in [1.29, 1.82) is 0 Å². The zero-order valence-electron chi connectivity index (χ0n) is 20.0. The van der Waals surface area contributed by atoms with Crippen molar-refractivity contribution in [2.45, 2.75) is 69.2 Å². The van der Waals surface area contributed by atoms with Gasteiger partial charge in [-0.15, -0.1) is 11.3 Å². The third-order valence-electron chi connectivity index (χ3n) is 7.14. The number of hydrogen-bond donors (Lipinski definition) is 1. The highest BCUT2D eigenvalue weighted by Crippen LogP contribution is 2.30. The molecule has 1 saturated heterocycles. The third kappa shape index (κ3) is 5.06. The van der Waals surface area contributed by atoms with E-state index in [2.05, 4.69) is 28.5 Å². The Kier molecular flexibility index (Phi) is 7.05. The van der Waals surface area contributed by atoms with Crippen molar-refractivity contribution in [1.82, 2.24) is 9.29 Å². The van der Waals surface area contributed by atoms with Crippen molar-refractivity contribution in [3.63, 3.8) is 0 Å². The molecule has 6 nitrogen and oxygen atoms in total. The number of rotatable bonds is 6. The summed E-state index contributed by atoms with van der Waals surface area (Å²) in [4.78, 5) is 17.7. The smallest absolute Gasteiger partial charge is 0.257 e. The van der Waals surface area contributed by atoms with Crippen LogP contribution in [0.4, 0.5) is 5.13 Å². The molecule has 2 aromatic carbocycles. The second-order valence-electron chi connectivity index (χ2n) is 9.38. The molecule has 1 atom stereocenters. The molecule has 35 heavy (non-hydrogen) atoms. The lowest BCUT2D eigenvalue weighted by Gasteiger charge is -2.34. The lowest BCUT2D eigenvalue weighted by atomic mass is 9.90. The average Bonchev–Trinajstić information content (AvgIpc) is 3.37. The van der Waals surface area contributed by atoms with Crippen LogP contribution in [0.5, 0.6) is 0 Å². The van der Waals surface area contributed by atoms with Gasteiger partial charge in [-0.1, -0.05) is 25.5 Å². The molecule has 184 valence electrons. The quantitative estimate of drug-likeness (QED) is 0.449. The molecule has 0 bridgehead atoms. The molecule has 1 fully saturated rings. The third-order valence-corrected chi connectivity index (χ3v) is 9.86. The van der Waals surface area contributed by atoms with E-state index in [0.717, 1.165) is 49.8 Å². The molecule has 0 saturated carbocycles. The maximum Gasteiger partial charge on any atom is 0.257 e. The fourth-order valence-corrected chi connectivity index (χ4v) is 7.62. The molecule has 0 radical (unpaired) electrons. The van der Waals surface area contributed by atoms with Crippen molar-refractivity contribution in [3.8, 4) is 11.3 Å².